The van der Waals surface area contributed by atoms with E-state index in [2.05, 4.69) is 52.3 Å². The standard InChI is InChI=1S/C15H22N2S/c1-2-4-13(5-3-1)15-12-17(9-8-16-15)14-6-10-18-11-7-14/h1-5,14-16H,6-12H2. The lowest BCUT2D eigenvalue weighted by molar-refractivity contribution is 0.136. The molecule has 0 spiro atoms. The average molecular weight is 262 g/mol. The Morgan fingerprint density at radius 2 is 1.89 bits per heavy atom. The molecule has 2 heterocycles. The highest BCUT2D eigenvalue weighted by atomic mass is 32.2. The van der Waals surface area contributed by atoms with Crippen molar-refractivity contribution in [2.45, 2.75) is 24.9 Å². The molecule has 0 bridgehead atoms. The first-order chi connectivity index (χ1) is 8.93. The summed E-state index contributed by atoms with van der Waals surface area (Å²) in [6.45, 7) is 3.53. The summed E-state index contributed by atoms with van der Waals surface area (Å²) in [5.74, 6) is 2.70. The van der Waals surface area contributed by atoms with E-state index in [1.54, 1.807) is 0 Å². The van der Waals surface area contributed by atoms with Crippen molar-refractivity contribution in [1.82, 2.24) is 10.2 Å². The van der Waals surface area contributed by atoms with Crippen LogP contribution in [0.3, 0.4) is 0 Å². The van der Waals surface area contributed by atoms with E-state index in [9.17, 15) is 0 Å². The maximum absolute atomic E-state index is 3.66. The van der Waals surface area contributed by atoms with E-state index < -0.39 is 0 Å². The second-order valence-corrected chi connectivity index (χ2v) is 6.48. The Morgan fingerprint density at radius 3 is 2.67 bits per heavy atom. The van der Waals surface area contributed by atoms with Crippen LogP contribution in [-0.4, -0.2) is 42.1 Å². The van der Waals surface area contributed by atoms with E-state index in [0.29, 0.717) is 6.04 Å². The summed E-state index contributed by atoms with van der Waals surface area (Å²) in [6.07, 6.45) is 2.76. The lowest BCUT2D eigenvalue weighted by Gasteiger charge is -2.40. The predicted molar refractivity (Wildman–Crippen MR) is 79.1 cm³/mol. The van der Waals surface area contributed by atoms with Crippen LogP contribution in [0.1, 0.15) is 24.4 Å². The van der Waals surface area contributed by atoms with Crippen LogP contribution in [0.4, 0.5) is 0 Å². The fraction of sp³-hybridized carbons (Fsp3) is 0.600. The highest BCUT2D eigenvalue weighted by molar-refractivity contribution is 7.99. The maximum atomic E-state index is 3.66. The third-order valence-corrected chi connectivity index (χ3v) is 5.16. The molecule has 1 unspecified atom stereocenters. The van der Waals surface area contributed by atoms with Gasteiger partial charge < -0.3 is 5.32 Å². The summed E-state index contributed by atoms with van der Waals surface area (Å²) in [4.78, 5) is 2.72. The number of hydrogen-bond donors (Lipinski definition) is 1. The fourth-order valence-electron chi connectivity index (χ4n) is 3.06. The van der Waals surface area contributed by atoms with E-state index in [4.69, 9.17) is 0 Å². The van der Waals surface area contributed by atoms with Gasteiger partial charge in [-0.15, -0.1) is 0 Å². The normalized spacial score (nSPS) is 27.2. The van der Waals surface area contributed by atoms with Gasteiger partial charge in [-0.25, -0.2) is 0 Å². The van der Waals surface area contributed by atoms with Crippen molar-refractivity contribution >= 4 is 11.8 Å². The van der Waals surface area contributed by atoms with E-state index in [0.717, 1.165) is 12.6 Å². The summed E-state index contributed by atoms with van der Waals surface area (Å²) >= 11 is 2.12. The van der Waals surface area contributed by atoms with Crippen LogP contribution in [0.2, 0.25) is 0 Å². The topological polar surface area (TPSA) is 15.3 Å². The summed E-state index contributed by atoms with van der Waals surface area (Å²) < 4.78 is 0. The zero-order valence-electron chi connectivity index (χ0n) is 10.8. The van der Waals surface area contributed by atoms with Crippen molar-refractivity contribution in [1.29, 1.82) is 0 Å². The van der Waals surface area contributed by atoms with Crippen LogP contribution < -0.4 is 5.32 Å². The van der Waals surface area contributed by atoms with Gasteiger partial charge in [0.25, 0.3) is 0 Å². The van der Waals surface area contributed by atoms with Crippen molar-refractivity contribution in [2.75, 3.05) is 31.1 Å². The third kappa shape index (κ3) is 2.90. The maximum Gasteiger partial charge on any atom is 0.0449 e. The number of piperazine rings is 1. The molecule has 0 aliphatic carbocycles. The second-order valence-electron chi connectivity index (χ2n) is 5.26. The number of thioether (sulfide) groups is 1. The summed E-state index contributed by atoms with van der Waals surface area (Å²) in [5, 5.41) is 3.66. The number of hydrogen-bond acceptors (Lipinski definition) is 3. The first-order valence-electron chi connectivity index (χ1n) is 7.03. The molecule has 0 aromatic heterocycles. The van der Waals surface area contributed by atoms with Crippen LogP contribution in [0.25, 0.3) is 0 Å². The third-order valence-electron chi connectivity index (χ3n) is 4.12. The Kier molecular flexibility index (Phi) is 4.24. The molecular formula is C15H22N2S. The molecule has 2 nitrogen and oxygen atoms in total. The molecule has 1 N–H and O–H groups in total. The predicted octanol–water partition coefficient (Wildman–Crippen LogP) is 2.53. The molecule has 2 fully saturated rings. The van der Waals surface area contributed by atoms with Gasteiger partial charge in [-0.1, -0.05) is 30.3 Å². The van der Waals surface area contributed by atoms with E-state index >= 15 is 0 Å². The lowest BCUT2D eigenvalue weighted by Crippen LogP contribution is -2.50. The lowest BCUT2D eigenvalue weighted by atomic mass is 10.0. The minimum absolute atomic E-state index is 0.523. The summed E-state index contributed by atoms with van der Waals surface area (Å²) in [5.41, 5.74) is 1.44. The molecule has 98 valence electrons. The fourth-order valence-corrected chi connectivity index (χ4v) is 4.14. The van der Waals surface area contributed by atoms with E-state index in [1.165, 1.54) is 43.0 Å². The average Bonchev–Trinajstić information content (AvgIpc) is 2.49. The number of benzene rings is 1. The van der Waals surface area contributed by atoms with Crippen LogP contribution >= 0.6 is 11.8 Å². The SMILES string of the molecule is c1ccc(C2CN(C3CCSCC3)CCN2)cc1. The van der Waals surface area contributed by atoms with Crippen molar-refractivity contribution in [3.05, 3.63) is 35.9 Å². The van der Waals surface area contributed by atoms with E-state index in [1.807, 2.05) is 0 Å². The van der Waals surface area contributed by atoms with Crippen LogP contribution in [0, 0.1) is 0 Å². The Bertz CT molecular complexity index is 362. The number of nitrogens with one attached hydrogen (secondary N) is 1. The number of nitrogens with zero attached hydrogens (tertiary/aromatic N) is 1. The minimum atomic E-state index is 0.523. The van der Waals surface area contributed by atoms with Gasteiger partial charge in [0.15, 0.2) is 0 Å². The highest BCUT2D eigenvalue weighted by Gasteiger charge is 2.27. The Morgan fingerprint density at radius 1 is 1.11 bits per heavy atom. The van der Waals surface area contributed by atoms with Gasteiger partial charge in [0.05, 0.1) is 0 Å². The molecule has 0 radical (unpaired) electrons. The zero-order chi connectivity index (χ0) is 12.2. The molecule has 18 heavy (non-hydrogen) atoms. The van der Waals surface area contributed by atoms with Crippen LogP contribution in [0.5, 0.6) is 0 Å². The molecule has 0 saturated carbocycles. The van der Waals surface area contributed by atoms with E-state index in [-0.39, 0.29) is 0 Å². The molecule has 2 saturated heterocycles. The zero-order valence-corrected chi connectivity index (χ0v) is 11.7. The van der Waals surface area contributed by atoms with Crippen LogP contribution in [0.15, 0.2) is 30.3 Å². The minimum Gasteiger partial charge on any atom is -0.308 e. The van der Waals surface area contributed by atoms with Gasteiger partial charge in [-0.2, -0.15) is 11.8 Å². The van der Waals surface area contributed by atoms with Gasteiger partial charge >= 0.3 is 0 Å². The van der Waals surface area contributed by atoms with Gasteiger partial charge in [-0.3, -0.25) is 4.90 Å². The van der Waals surface area contributed by atoms with Crippen LogP contribution in [-0.2, 0) is 0 Å². The Labute approximate surface area is 114 Å². The van der Waals surface area contributed by atoms with Gasteiger partial charge in [-0.05, 0) is 29.9 Å². The van der Waals surface area contributed by atoms with Crippen molar-refractivity contribution < 1.29 is 0 Å². The Balaban J connectivity index is 1.64. The molecular weight excluding hydrogens is 240 g/mol. The van der Waals surface area contributed by atoms with Gasteiger partial charge in [0, 0.05) is 31.7 Å². The first kappa shape index (κ1) is 12.5. The highest BCUT2D eigenvalue weighted by Crippen LogP contribution is 2.25. The number of rotatable bonds is 2. The molecule has 1 aromatic rings. The molecule has 2 aliphatic heterocycles. The molecule has 3 heteroatoms. The summed E-state index contributed by atoms with van der Waals surface area (Å²) in [6, 6.07) is 12.2. The van der Waals surface area contributed by atoms with Crippen molar-refractivity contribution in [3.63, 3.8) is 0 Å². The molecule has 3 rings (SSSR count). The van der Waals surface area contributed by atoms with Gasteiger partial charge in [0.2, 0.25) is 0 Å². The Hall–Kier alpha value is -0.510. The van der Waals surface area contributed by atoms with Gasteiger partial charge in [0.1, 0.15) is 0 Å². The smallest absolute Gasteiger partial charge is 0.0449 e. The second kappa shape index (κ2) is 6.09. The monoisotopic (exact) mass is 262 g/mol. The molecule has 2 aliphatic rings. The van der Waals surface area contributed by atoms with Crippen molar-refractivity contribution in [2.24, 2.45) is 0 Å². The van der Waals surface area contributed by atoms with Crippen molar-refractivity contribution in [3.8, 4) is 0 Å². The largest absolute Gasteiger partial charge is 0.308 e. The summed E-state index contributed by atoms with van der Waals surface area (Å²) in [7, 11) is 0. The first-order valence-corrected chi connectivity index (χ1v) is 8.19. The molecule has 1 atom stereocenters. The molecule has 0 amide bonds. The quantitative estimate of drug-likeness (QED) is 0.882. The molecule has 1 aromatic carbocycles.